The molecule has 3 aliphatic rings. The molecule has 6 heteroatoms. The Morgan fingerprint density at radius 3 is 2.62 bits per heavy atom. The molecule has 2 aliphatic heterocycles. The second kappa shape index (κ2) is 9.84. The second-order valence-electron chi connectivity index (χ2n) is 13.1. The number of rotatable bonds is 3. The van der Waals surface area contributed by atoms with Gasteiger partial charge < -0.3 is 9.30 Å². The van der Waals surface area contributed by atoms with E-state index in [2.05, 4.69) is 132 Å². The van der Waals surface area contributed by atoms with Crippen molar-refractivity contribution < 1.29 is 4.74 Å². The van der Waals surface area contributed by atoms with Crippen LogP contribution in [0.25, 0.3) is 33.3 Å². The Kier molecular flexibility index (Phi) is 5.62. The molecule has 0 radical (unpaired) electrons. The van der Waals surface area contributed by atoms with E-state index in [0.29, 0.717) is 0 Å². The van der Waals surface area contributed by atoms with Crippen LogP contribution in [0.1, 0.15) is 48.2 Å². The van der Waals surface area contributed by atoms with Gasteiger partial charge in [0.2, 0.25) is 0 Å². The summed E-state index contributed by atoms with van der Waals surface area (Å²) in [4.78, 5) is 12.3. The number of allylic oxidation sites excluding steroid dienone is 3. The number of aromatic nitrogens is 4. The Morgan fingerprint density at radius 1 is 0.766 bits per heavy atom. The number of fused-ring (bicyclic) bond motifs is 11. The van der Waals surface area contributed by atoms with Crippen molar-refractivity contribution in [3.8, 4) is 17.1 Å². The molecule has 5 heterocycles. The number of hydrogen-bond donors (Lipinski definition) is 0. The monoisotopic (exact) mass is 626 g/mol. The molecule has 0 fully saturated rings. The maximum absolute atomic E-state index is 6.60. The predicted molar refractivity (Wildman–Crippen MR) is 188 cm³/mol. The van der Waals surface area contributed by atoms with Crippen LogP contribution >= 0.6 is 11.8 Å². The van der Waals surface area contributed by atoms with Crippen LogP contribution in [0.15, 0.2) is 149 Å². The van der Waals surface area contributed by atoms with Crippen LogP contribution in [0.5, 0.6) is 5.75 Å². The van der Waals surface area contributed by atoms with Crippen LogP contribution in [0.3, 0.4) is 0 Å². The molecule has 0 N–H and O–H groups in total. The zero-order valence-corrected chi connectivity index (χ0v) is 26.8. The van der Waals surface area contributed by atoms with E-state index < -0.39 is 0 Å². The first-order valence-electron chi connectivity index (χ1n) is 16.1. The van der Waals surface area contributed by atoms with Gasteiger partial charge in [-0.2, -0.15) is 0 Å². The van der Waals surface area contributed by atoms with Crippen LogP contribution in [-0.4, -0.2) is 19.1 Å². The average molecular weight is 627 g/mol. The summed E-state index contributed by atoms with van der Waals surface area (Å²) in [5.74, 6) is 2.97. The molecular formula is C41H30N4OS. The van der Waals surface area contributed by atoms with E-state index >= 15 is 0 Å². The number of para-hydroxylation sites is 1. The van der Waals surface area contributed by atoms with Crippen LogP contribution in [0.2, 0.25) is 0 Å². The number of ether oxygens (including phenoxy) is 1. The zero-order chi connectivity index (χ0) is 31.3. The van der Waals surface area contributed by atoms with Crippen LogP contribution in [0, 0.1) is 0 Å². The highest BCUT2D eigenvalue weighted by Gasteiger charge is 2.35. The third-order valence-corrected chi connectivity index (χ3v) is 11.2. The van der Waals surface area contributed by atoms with Crippen LogP contribution in [-0.2, 0) is 5.41 Å². The largest absolute Gasteiger partial charge is 0.458 e. The smallest absolute Gasteiger partial charge is 0.145 e. The van der Waals surface area contributed by atoms with Gasteiger partial charge in [0.05, 0.1) is 16.9 Å². The van der Waals surface area contributed by atoms with Crippen molar-refractivity contribution in [1.82, 2.24) is 19.1 Å². The SMILES string of the molecule is CC1(C)c2ccccc2Sc2cc3c(cc21)c1cccnc1n3-c1cccc(OC2=CC3c4nccn4-c4ccccc4C3C=C2)c1. The third-order valence-electron chi connectivity index (χ3n) is 10.1. The van der Waals surface area contributed by atoms with Crippen molar-refractivity contribution in [2.24, 2.45) is 0 Å². The van der Waals surface area contributed by atoms with Gasteiger partial charge in [-0.25, -0.2) is 9.97 Å². The van der Waals surface area contributed by atoms with Crippen LogP contribution in [0.4, 0.5) is 0 Å². The Morgan fingerprint density at radius 2 is 1.66 bits per heavy atom. The fourth-order valence-electron chi connectivity index (χ4n) is 7.87. The van der Waals surface area contributed by atoms with E-state index in [0.717, 1.165) is 39.6 Å². The molecule has 2 atom stereocenters. The molecule has 0 amide bonds. The van der Waals surface area contributed by atoms with Gasteiger partial charge in [-0.3, -0.25) is 4.57 Å². The minimum absolute atomic E-state index is 0.0997. The lowest BCUT2D eigenvalue weighted by Gasteiger charge is -2.34. The van der Waals surface area contributed by atoms with Gasteiger partial charge >= 0.3 is 0 Å². The summed E-state index contributed by atoms with van der Waals surface area (Å²) in [5.41, 5.74) is 8.23. The van der Waals surface area contributed by atoms with E-state index in [1.807, 2.05) is 36.3 Å². The zero-order valence-electron chi connectivity index (χ0n) is 26.0. The second-order valence-corrected chi connectivity index (χ2v) is 14.2. The summed E-state index contributed by atoms with van der Waals surface area (Å²) >= 11 is 1.86. The van der Waals surface area contributed by atoms with Gasteiger partial charge in [-0.1, -0.05) is 74.1 Å². The Bertz CT molecular complexity index is 2480. The standard InChI is InChI=1S/C41H30N4OS/c1-41(2)33-13-4-6-15-37(33)47-38-24-36-31(23-34(38)41)30-12-8-18-42-40(30)45(36)25-9-7-10-26(21-25)46-27-16-17-28-29-11-3-5-14-35(29)44-20-19-43-39(44)32(28)22-27/h3-24,28,32H,1-2H3. The molecule has 10 rings (SSSR count). The summed E-state index contributed by atoms with van der Waals surface area (Å²) in [5, 5.41) is 2.36. The molecule has 2 unspecified atom stereocenters. The molecule has 4 aromatic carbocycles. The van der Waals surface area contributed by atoms with Gasteiger partial charge in [-0.05, 0) is 77.4 Å². The molecule has 47 heavy (non-hydrogen) atoms. The summed E-state index contributed by atoms with van der Waals surface area (Å²) in [6.07, 6.45) is 12.4. The van der Waals surface area contributed by atoms with Gasteiger partial charge in [0.25, 0.3) is 0 Å². The summed E-state index contributed by atoms with van der Waals surface area (Å²) in [7, 11) is 0. The number of pyridine rings is 1. The molecule has 3 aromatic heterocycles. The number of imidazole rings is 1. The summed E-state index contributed by atoms with van der Waals surface area (Å²) < 4.78 is 11.1. The van der Waals surface area contributed by atoms with E-state index in [4.69, 9.17) is 14.7 Å². The van der Waals surface area contributed by atoms with Crippen molar-refractivity contribution in [2.45, 2.75) is 40.9 Å². The first-order chi connectivity index (χ1) is 23.0. The van der Waals surface area contributed by atoms with Crippen molar-refractivity contribution in [2.75, 3.05) is 0 Å². The van der Waals surface area contributed by atoms with E-state index in [1.165, 1.54) is 37.6 Å². The predicted octanol–water partition coefficient (Wildman–Crippen LogP) is 9.87. The minimum atomic E-state index is -0.104. The highest BCUT2D eigenvalue weighted by Crippen LogP contribution is 2.51. The minimum Gasteiger partial charge on any atom is -0.458 e. The lowest BCUT2D eigenvalue weighted by atomic mass is 9.77. The average Bonchev–Trinajstić information content (AvgIpc) is 3.72. The molecular weight excluding hydrogens is 597 g/mol. The Balaban J connectivity index is 1.06. The quantitative estimate of drug-likeness (QED) is 0.196. The highest BCUT2D eigenvalue weighted by atomic mass is 32.2. The Labute approximate surface area is 276 Å². The van der Waals surface area contributed by atoms with Gasteiger partial charge in [0.1, 0.15) is 23.0 Å². The topological polar surface area (TPSA) is 44.9 Å². The highest BCUT2D eigenvalue weighted by molar-refractivity contribution is 7.99. The molecule has 0 bridgehead atoms. The molecule has 0 saturated carbocycles. The number of hydrogen-bond acceptors (Lipinski definition) is 4. The fraction of sp³-hybridized carbons (Fsp3) is 0.122. The summed E-state index contributed by atoms with van der Waals surface area (Å²) in [6, 6.07) is 34.7. The molecule has 0 spiro atoms. The molecule has 226 valence electrons. The lowest BCUT2D eigenvalue weighted by molar-refractivity contribution is 0.430. The van der Waals surface area contributed by atoms with Crippen molar-refractivity contribution in [1.29, 1.82) is 0 Å². The molecule has 5 nitrogen and oxygen atoms in total. The van der Waals surface area contributed by atoms with E-state index in [1.54, 1.807) is 0 Å². The first-order valence-corrected chi connectivity index (χ1v) is 16.9. The maximum Gasteiger partial charge on any atom is 0.145 e. The van der Waals surface area contributed by atoms with E-state index in [9.17, 15) is 0 Å². The van der Waals surface area contributed by atoms with Crippen molar-refractivity contribution in [3.05, 3.63) is 162 Å². The molecule has 7 aromatic rings. The van der Waals surface area contributed by atoms with Gasteiger partial charge in [-0.15, -0.1) is 0 Å². The first kappa shape index (κ1) is 26.8. The van der Waals surface area contributed by atoms with Crippen molar-refractivity contribution >= 4 is 33.7 Å². The van der Waals surface area contributed by atoms with Crippen LogP contribution < -0.4 is 4.74 Å². The van der Waals surface area contributed by atoms with Gasteiger partial charge in [0.15, 0.2) is 0 Å². The maximum atomic E-state index is 6.60. The van der Waals surface area contributed by atoms with E-state index in [-0.39, 0.29) is 17.3 Å². The van der Waals surface area contributed by atoms with Crippen molar-refractivity contribution in [3.63, 3.8) is 0 Å². The fourth-order valence-corrected chi connectivity index (χ4v) is 9.28. The molecule has 1 aliphatic carbocycles. The normalized spacial score (nSPS) is 18.6. The van der Waals surface area contributed by atoms with Gasteiger partial charge in [0, 0.05) is 62.5 Å². The lowest BCUT2D eigenvalue weighted by Crippen LogP contribution is -2.23. The number of benzene rings is 4. The third kappa shape index (κ3) is 3.91. The number of nitrogens with zero attached hydrogens (tertiary/aromatic N) is 4. The Hall–Kier alpha value is -5.33. The summed E-state index contributed by atoms with van der Waals surface area (Å²) in [6.45, 7) is 4.68. The molecule has 0 saturated heterocycles.